The van der Waals surface area contributed by atoms with Crippen molar-refractivity contribution in [2.45, 2.75) is 0 Å². The number of nitro benzene ring substituents is 1. The summed E-state index contributed by atoms with van der Waals surface area (Å²) < 4.78 is 5.78. The number of para-hydroxylation sites is 1. The summed E-state index contributed by atoms with van der Waals surface area (Å²) >= 11 is 0. The minimum Gasteiger partial charge on any atom is -0.416 e. The monoisotopic (exact) mass is 386 g/mol. The van der Waals surface area contributed by atoms with Crippen molar-refractivity contribution in [3.8, 4) is 22.9 Å². The highest BCUT2D eigenvalue weighted by atomic mass is 16.6. The molecule has 29 heavy (non-hydrogen) atoms. The van der Waals surface area contributed by atoms with Crippen LogP contribution in [0, 0.1) is 10.1 Å². The Morgan fingerprint density at radius 1 is 0.862 bits per heavy atom. The van der Waals surface area contributed by atoms with Gasteiger partial charge < -0.3 is 9.73 Å². The van der Waals surface area contributed by atoms with Crippen LogP contribution in [-0.4, -0.2) is 21.0 Å². The van der Waals surface area contributed by atoms with Crippen molar-refractivity contribution >= 4 is 17.3 Å². The average molecular weight is 386 g/mol. The van der Waals surface area contributed by atoms with Gasteiger partial charge in [0.05, 0.1) is 16.2 Å². The quantitative estimate of drug-likeness (QED) is 0.397. The van der Waals surface area contributed by atoms with Crippen LogP contribution in [0.1, 0.15) is 10.4 Å². The van der Waals surface area contributed by atoms with Gasteiger partial charge in [0, 0.05) is 23.3 Å². The fourth-order valence-corrected chi connectivity index (χ4v) is 2.74. The third kappa shape index (κ3) is 3.86. The molecule has 0 unspecified atom stereocenters. The first-order valence-electron chi connectivity index (χ1n) is 8.66. The minimum absolute atomic E-state index is 0.0822. The molecule has 8 nitrogen and oxygen atoms in total. The Morgan fingerprint density at radius 2 is 1.52 bits per heavy atom. The van der Waals surface area contributed by atoms with E-state index in [0.717, 1.165) is 5.56 Å². The number of carbonyl (C=O) groups is 1. The van der Waals surface area contributed by atoms with E-state index in [1.807, 2.05) is 30.3 Å². The van der Waals surface area contributed by atoms with Crippen molar-refractivity contribution < 1.29 is 14.1 Å². The normalized spacial score (nSPS) is 10.5. The number of anilines is 1. The molecule has 3 aromatic carbocycles. The first-order valence-corrected chi connectivity index (χ1v) is 8.66. The SMILES string of the molecule is O=C(Nc1ccccc1-c1nnc(-c2ccccc2)o1)c1ccc([N+](=O)[O-])cc1. The van der Waals surface area contributed by atoms with Crippen LogP contribution in [0.3, 0.4) is 0 Å². The molecule has 0 saturated heterocycles. The lowest BCUT2D eigenvalue weighted by Gasteiger charge is -2.08. The Balaban J connectivity index is 1.60. The molecule has 0 bridgehead atoms. The molecule has 0 aliphatic carbocycles. The predicted molar refractivity (Wildman–Crippen MR) is 106 cm³/mol. The molecule has 1 aromatic heterocycles. The number of nitro groups is 1. The van der Waals surface area contributed by atoms with Crippen molar-refractivity contribution in [3.05, 3.63) is 94.5 Å². The highest BCUT2D eigenvalue weighted by Crippen LogP contribution is 2.29. The van der Waals surface area contributed by atoms with Crippen LogP contribution in [-0.2, 0) is 0 Å². The number of non-ortho nitro benzene ring substituents is 1. The number of hydrogen-bond acceptors (Lipinski definition) is 6. The summed E-state index contributed by atoms with van der Waals surface area (Å²) in [4.78, 5) is 22.8. The predicted octanol–water partition coefficient (Wildman–Crippen LogP) is 4.56. The number of amides is 1. The van der Waals surface area contributed by atoms with Crippen LogP contribution in [0.25, 0.3) is 22.9 Å². The third-order valence-electron chi connectivity index (χ3n) is 4.19. The maximum absolute atomic E-state index is 12.6. The standard InChI is InChI=1S/C21H14N4O4/c26-19(14-10-12-16(13-11-14)25(27)28)22-18-9-5-4-8-17(18)21-24-23-20(29-21)15-6-2-1-3-7-15/h1-13H,(H,22,26). The van der Waals surface area contributed by atoms with Gasteiger partial charge in [0.25, 0.3) is 11.6 Å². The smallest absolute Gasteiger partial charge is 0.269 e. The highest BCUT2D eigenvalue weighted by molar-refractivity contribution is 6.06. The fourth-order valence-electron chi connectivity index (χ4n) is 2.74. The largest absolute Gasteiger partial charge is 0.416 e. The zero-order valence-corrected chi connectivity index (χ0v) is 15.0. The first-order chi connectivity index (χ1) is 14.1. The second-order valence-corrected chi connectivity index (χ2v) is 6.08. The molecule has 0 saturated carbocycles. The summed E-state index contributed by atoms with van der Waals surface area (Å²) in [7, 11) is 0. The molecule has 0 radical (unpaired) electrons. The van der Waals surface area contributed by atoms with Crippen LogP contribution in [0.5, 0.6) is 0 Å². The van der Waals surface area contributed by atoms with E-state index in [1.54, 1.807) is 24.3 Å². The van der Waals surface area contributed by atoms with Crippen molar-refractivity contribution in [3.63, 3.8) is 0 Å². The second kappa shape index (κ2) is 7.73. The van der Waals surface area contributed by atoms with Crippen LogP contribution >= 0.6 is 0 Å². The summed E-state index contributed by atoms with van der Waals surface area (Å²) in [6, 6.07) is 21.8. The van der Waals surface area contributed by atoms with E-state index in [1.165, 1.54) is 24.3 Å². The Hall–Kier alpha value is -4.33. The number of aromatic nitrogens is 2. The Morgan fingerprint density at radius 3 is 2.24 bits per heavy atom. The molecule has 1 amide bonds. The van der Waals surface area contributed by atoms with Crippen molar-refractivity contribution in [2.75, 3.05) is 5.32 Å². The third-order valence-corrected chi connectivity index (χ3v) is 4.19. The Labute approximate surface area is 165 Å². The number of rotatable bonds is 5. The van der Waals surface area contributed by atoms with Gasteiger partial charge in [-0.3, -0.25) is 14.9 Å². The minimum atomic E-state index is -0.517. The molecule has 0 aliphatic rings. The highest BCUT2D eigenvalue weighted by Gasteiger charge is 2.16. The van der Waals surface area contributed by atoms with E-state index in [4.69, 9.17) is 4.42 Å². The summed E-state index contributed by atoms with van der Waals surface area (Å²) in [5.41, 5.74) is 2.05. The van der Waals surface area contributed by atoms with E-state index in [9.17, 15) is 14.9 Å². The van der Waals surface area contributed by atoms with Gasteiger partial charge in [0.1, 0.15) is 0 Å². The molecular formula is C21H14N4O4. The number of hydrogen-bond donors (Lipinski definition) is 1. The fraction of sp³-hybridized carbons (Fsp3) is 0. The molecular weight excluding hydrogens is 372 g/mol. The Kier molecular flexibility index (Phi) is 4.81. The maximum atomic E-state index is 12.6. The molecule has 1 heterocycles. The number of benzene rings is 3. The lowest BCUT2D eigenvalue weighted by Crippen LogP contribution is -2.12. The molecule has 8 heteroatoms. The lowest BCUT2D eigenvalue weighted by molar-refractivity contribution is -0.384. The van der Waals surface area contributed by atoms with Gasteiger partial charge in [-0.15, -0.1) is 10.2 Å². The van der Waals surface area contributed by atoms with Gasteiger partial charge >= 0.3 is 0 Å². The molecule has 0 atom stereocenters. The summed E-state index contributed by atoms with van der Waals surface area (Å²) in [6.07, 6.45) is 0. The van der Waals surface area contributed by atoms with Gasteiger partial charge in [-0.2, -0.15) is 0 Å². The van der Waals surface area contributed by atoms with Crippen molar-refractivity contribution in [1.82, 2.24) is 10.2 Å². The van der Waals surface area contributed by atoms with Crippen LogP contribution in [0.2, 0.25) is 0 Å². The van der Waals surface area contributed by atoms with Crippen LogP contribution < -0.4 is 5.32 Å². The van der Waals surface area contributed by atoms with Gasteiger partial charge in [0.15, 0.2) is 0 Å². The summed E-state index contributed by atoms with van der Waals surface area (Å²) in [5.74, 6) is 0.232. The summed E-state index contributed by atoms with van der Waals surface area (Å²) in [5, 5.41) is 21.7. The number of nitrogens with zero attached hydrogens (tertiary/aromatic N) is 3. The van der Waals surface area contributed by atoms with E-state index < -0.39 is 10.8 Å². The Bertz CT molecular complexity index is 1170. The number of nitrogens with one attached hydrogen (secondary N) is 1. The second-order valence-electron chi connectivity index (χ2n) is 6.08. The van der Waals surface area contributed by atoms with Gasteiger partial charge in [-0.25, -0.2) is 0 Å². The van der Waals surface area contributed by atoms with Crippen LogP contribution in [0.4, 0.5) is 11.4 Å². The van der Waals surface area contributed by atoms with E-state index in [0.29, 0.717) is 22.7 Å². The average Bonchev–Trinajstić information content (AvgIpc) is 3.25. The molecule has 1 N–H and O–H groups in total. The zero-order valence-electron chi connectivity index (χ0n) is 15.0. The van der Waals surface area contributed by atoms with Gasteiger partial charge in [-0.1, -0.05) is 30.3 Å². The summed E-state index contributed by atoms with van der Waals surface area (Å²) in [6.45, 7) is 0. The number of carbonyl (C=O) groups excluding carboxylic acids is 1. The van der Waals surface area contributed by atoms with Gasteiger partial charge in [0.2, 0.25) is 11.8 Å². The van der Waals surface area contributed by atoms with Crippen molar-refractivity contribution in [1.29, 1.82) is 0 Å². The van der Waals surface area contributed by atoms with E-state index >= 15 is 0 Å². The van der Waals surface area contributed by atoms with E-state index in [-0.39, 0.29) is 11.6 Å². The van der Waals surface area contributed by atoms with Crippen molar-refractivity contribution in [2.24, 2.45) is 0 Å². The van der Waals surface area contributed by atoms with Crippen LogP contribution in [0.15, 0.2) is 83.3 Å². The molecule has 0 spiro atoms. The topological polar surface area (TPSA) is 111 Å². The zero-order chi connectivity index (χ0) is 20.2. The van der Waals surface area contributed by atoms with E-state index in [2.05, 4.69) is 15.5 Å². The molecule has 142 valence electrons. The van der Waals surface area contributed by atoms with Gasteiger partial charge in [-0.05, 0) is 36.4 Å². The lowest BCUT2D eigenvalue weighted by atomic mass is 10.1. The molecule has 0 aliphatic heterocycles. The molecule has 4 rings (SSSR count). The molecule has 0 fully saturated rings. The molecule has 4 aromatic rings. The maximum Gasteiger partial charge on any atom is 0.269 e. The first kappa shape index (κ1) is 18.1.